The molecule has 2 rings (SSSR count). The molecule has 2 amide bonds. The summed E-state index contributed by atoms with van der Waals surface area (Å²) >= 11 is 0. The van der Waals surface area contributed by atoms with Crippen LogP contribution in [0.1, 0.15) is 18.4 Å². The van der Waals surface area contributed by atoms with Crippen LogP contribution in [0.4, 0.5) is 0 Å². The Morgan fingerprint density at radius 3 is 2.64 bits per heavy atom. The summed E-state index contributed by atoms with van der Waals surface area (Å²) in [7, 11) is 3.00. The molecule has 0 fully saturated rings. The van der Waals surface area contributed by atoms with E-state index in [2.05, 4.69) is 10.0 Å². The van der Waals surface area contributed by atoms with Crippen molar-refractivity contribution in [1.82, 2.24) is 4.90 Å². The van der Waals surface area contributed by atoms with Crippen molar-refractivity contribution in [1.29, 1.82) is 0 Å². The molecule has 1 heterocycles. The van der Waals surface area contributed by atoms with Crippen LogP contribution in [0.5, 0.6) is 17.2 Å². The van der Waals surface area contributed by atoms with Crippen LogP contribution >= 0.6 is 0 Å². The minimum absolute atomic E-state index is 0.319. The van der Waals surface area contributed by atoms with Crippen molar-refractivity contribution >= 4 is 17.9 Å². The topological polar surface area (TPSA) is 114 Å². The highest BCUT2D eigenvalue weighted by atomic mass is 16.5. The van der Waals surface area contributed by atoms with Gasteiger partial charge in [0.15, 0.2) is 11.5 Å². The summed E-state index contributed by atoms with van der Waals surface area (Å²) in [6.07, 6.45) is 7.27. The fourth-order valence-electron chi connectivity index (χ4n) is 2.56. The number of carbonyl (C=O) groups excluding carboxylic acids is 2. The van der Waals surface area contributed by atoms with E-state index >= 15 is 0 Å². The third-order valence-electron chi connectivity index (χ3n) is 3.93. The third kappa shape index (κ3) is 5.52. The van der Waals surface area contributed by atoms with Crippen molar-refractivity contribution in [2.75, 3.05) is 33.9 Å². The van der Waals surface area contributed by atoms with Crippen molar-refractivity contribution in [3.8, 4) is 17.2 Å². The highest BCUT2D eigenvalue weighted by Crippen LogP contribution is 2.39. The molecule has 1 aromatic carbocycles. The van der Waals surface area contributed by atoms with E-state index in [1.54, 1.807) is 24.3 Å². The standard InChI is InChI=1S/C19H22N4O5/c1-26-15-12-14(7-8-18(25)23-10-4-3-6-17(23)24)13-16(27-2)19(15)28-11-5-9-21-22-20/h3,6-8,12-13H,4-5,9-11H2,1-2H3/b8-7+. The second-order valence-corrected chi connectivity index (χ2v) is 5.76. The van der Waals surface area contributed by atoms with E-state index in [0.29, 0.717) is 55.4 Å². The summed E-state index contributed by atoms with van der Waals surface area (Å²) in [5.41, 5.74) is 8.94. The first-order valence-corrected chi connectivity index (χ1v) is 8.70. The van der Waals surface area contributed by atoms with Crippen molar-refractivity contribution in [3.05, 3.63) is 46.4 Å². The van der Waals surface area contributed by atoms with E-state index < -0.39 is 0 Å². The summed E-state index contributed by atoms with van der Waals surface area (Å²) in [4.78, 5) is 27.9. The first-order chi connectivity index (χ1) is 13.6. The molecule has 0 unspecified atom stereocenters. The second kappa shape index (κ2) is 10.6. The first kappa shape index (κ1) is 20.9. The molecule has 0 N–H and O–H groups in total. The van der Waals surface area contributed by atoms with Crippen LogP contribution in [0.3, 0.4) is 0 Å². The Bertz CT molecular complexity index is 803. The Morgan fingerprint density at radius 2 is 2.04 bits per heavy atom. The zero-order chi connectivity index (χ0) is 20.4. The number of azide groups is 1. The highest BCUT2D eigenvalue weighted by Gasteiger charge is 2.19. The fourth-order valence-corrected chi connectivity index (χ4v) is 2.56. The first-order valence-electron chi connectivity index (χ1n) is 8.70. The molecule has 0 spiro atoms. The van der Waals surface area contributed by atoms with Crippen LogP contribution in [0.15, 0.2) is 35.5 Å². The molecular weight excluding hydrogens is 364 g/mol. The number of carbonyl (C=O) groups is 2. The van der Waals surface area contributed by atoms with E-state index in [0.717, 1.165) is 0 Å². The van der Waals surface area contributed by atoms with Crippen LogP contribution in [-0.2, 0) is 9.59 Å². The smallest absolute Gasteiger partial charge is 0.253 e. The second-order valence-electron chi connectivity index (χ2n) is 5.76. The number of imide groups is 1. The van der Waals surface area contributed by atoms with Crippen LogP contribution in [-0.4, -0.2) is 50.6 Å². The van der Waals surface area contributed by atoms with Crippen LogP contribution in [0, 0.1) is 0 Å². The quantitative estimate of drug-likeness (QED) is 0.213. The van der Waals surface area contributed by atoms with Gasteiger partial charge in [-0.05, 0) is 48.2 Å². The van der Waals surface area contributed by atoms with Crippen molar-refractivity contribution in [2.24, 2.45) is 5.11 Å². The van der Waals surface area contributed by atoms with Gasteiger partial charge in [0, 0.05) is 24.1 Å². The molecule has 0 atom stereocenters. The molecule has 148 valence electrons. The van der Waals surface area contributed by atoms with Gasteiger partial charge in [-0.25, -0.2) is 0 Å². The minimum atomic E-state index is -0.384. The van der Waals surface area contributed by atoms with Crippen molar-refractivity contribution in [2.45, 2.75) is 12.8 Å². The zero-order valence-electron chi connectivity index (χ0n) is 15.8. The molecular formula is C19H22N4O5. The van der Waals surface area contributed by atoms with Gasteiger partial charge in [-0.15, -0.1) is 0 Å². The molecule has 0 saturated carbocycles. The number of methoxy groups -OCH3 is 2. The molecule has 1 aliphatic rings. The Balaban J connectivity index is 2.14. The summed E-state index contributed by atoms with van der Waals surface area (Å²) in [5.74, 6) is 0.594. The molecule has 28 heavy (non-hydrogen) atoms. The van der Waals surface area contributed by atoms with Crippen molar-refractivity contribution < 1.29 is 23.8 Å². The van der Waals surface area contributed by atoms with Crippen LogP contribution in [0.2, 0.25) is 0 Å². The maximum absolute atomic E-state index is 12.2. The minimum Gasteiger partial charge on any atom is -0.493 e. The van der Waals surface area contributed by atoms with E-state index in [9.17, 15) is 9.59 Å². The summed E-state index contributed by atoms with van der Waals surface area (Å²) in [5, 5.41) is 3.45. The third-order valence-corrected chi connectivity index (χ3v) is 3.93. The van der Waals surface area contributed by atoms with Gasteiger partial charge < -0.3 is 14.2 Å². The lowest BCUT2D eigenvalue weighted by Crippen LogP contribution is -2.37. The van der Waals surface area contributed by atoms with Gasteiger partial charge in [-0.2, -0.15) is 0 Å². The summed E-state index contributed by atoms with van der Waals surface area (Å²) in [6, 6.07) is 3.40. The predicted molar refractivity (Wildman–Crippen MR) is 103 cm³/mol. The normalized spacial score (nSPS) is 13.4. The predicted octanol–water partition coefficient (Wildman–Crippen LogP) is 3.11. The Labute approximate surface area is 162 Å². The molecule has 9 heteroatoms. The summed E-state index contributed by atoms with van der Waals surface area (Å²) < 4.78 is 16.4. The van der Waals surface area contributed by atoms with E-state index in [-0.39, 0.29) is 11.8 Å². The summed E-state index contributed by atoms with van der Waals surface area (Å²) in [6.45, 7) is 1.02. The highest BCUT2D eigenvalue weighted by molar-refractivity contribution is 6.06. The zero-order valence-corrected chi connectivity index (χ0v) is 15.8. The monoisotopic (exact) mass is 386 g/mol. The Hall–Kier alpha value is -3.45. The number of hydrogen-bond acceptors (Lipinski definition) is 6. The number of ether oxygens (including phenoxy) is 3. The lowest BCUT2D eigenvalue weighted by atomic mass is 10.1. The lowest BCUT2D eigenvalue weighted by molar-refractivity contribution is -0.139. The van der Waals surface area contributed by atoms with Crippen LogP contribution < -0.4 is 14.2 Å². The average molecular weight is 386 g/mol. The van der Waals surface area contributed by atoms with Gasteiger partial charge in [0.25, 0.3) is 11.8 Å². The van der Waals surface area contributed by atoms with Gasteiger partial charge >= 0.3 is 0 Å². The lowest BCUT2D eigenvalue weighted by Gasteiger charge is -2.19. The molecule has 1 aromatic rings. The SMILES string of the molecule is COc1cc(/C=C/C(=O)N2CCC=CC2=O)cc(OC)c1OCCCN=[N+]=[N-]. The van der Waals surface area contributed by atoms with Gasteiger partial charge in [0.05, 0.1) is 20.8 Å². The maximum atomic E-state index is 12.2. The molecule has 9 nitrogen and oxygen atoms in total. The van der Waals surface area contributed by atoms with Gasteiger partial charge in [0.1, 0.15) is 0 Å². The molecule has 0 bridgehead atoms. The number of hydrogen-bond donors (Lipinski definition) is 0. The number of nitrogens with zero attached hydrogens (tertiary/aromatic N) is 4. The molecule has 0 saturated heterocycles. The number of rotatable bonds is 9. The van der Waals surface area contributed by atoms with Crippen molar-refractivity contribution in [3.63, 3.8) is 0 Å². The number of benzene rings is 1. The molecule has 1 aliphatic heterocycles. The number of amides is 2. The largest absolute Gasteiger partial charge is 0.493 e. The Kier molecular flexibility index (Phi) is 7.92. The van der Waals surface area contributed by atoms with Gasteiger partial charge in [-0.1, -0.05) is 11.2 Å². The van der Waals surface area contributed by atoms with E-state index in [4.69, 9.17) is 19.7 Å². The maximum Gasteiger partial charge on any atom is 0.253 e. The average Bonchev–Trinajstić information content (AvgIpc) is 2.72. The molecule has 0 aromatic heterocycles. The van der Waals surface area contributed by atoms with E-state index in [1.807, 2.05) is 0 Å². The molecule has 0 aliphatic carbocycles. The fraction of sp³-hybridized carbons (Fsp3) is 0.368. The van der Waals surface area contributed by atoms with Crippen LogP contribution in [0.25, 0.3) is 16.5 Å². The van der Waals surface area contributed by atoms with Gasteiger partial charge in [-0.3, -0.25) is 14.5 Å². The van der Waals surface area contributed by atoms with E-state index in [1.165, 1.54) is 31.3 Å². The Morgan fingerprint density at radius 1 is 1.32 bits per heavy atom. The molecule has 0 radical (unpaired) electrons. The van der Waals surface area contributed by atoms with Gasteiger partial charge in [0.2, 0.25) is 5.75 Å².